The molecule has 0 saturated carbocycles. The van der Waals surface area contributed by atoms with Gasteiger partial charge in [-0.25, -0.2) is 14.4 Å². The second-order valence-corrected chi connectivity index (χ2v) is 4.50. The summed E-state index contributed by atoms with van der Waals surface area (Å²) in [6, 6.07) is 8.60. The Morgan fingerprint density at radius 3 is 2.95 bits per heavy atom. The topological polar surface area (TPSA) is 59.1 Å². The Balaban J connectivity index is 1.75. The number of pyridine rings is 2. The van der Waals surface area contributed by atoms with Crippen molar-refractivity contribution in [3.8, 4) is 0 Å². The third-order valence-corrected chi connectivity index (χ3v) is 3.01. The minimum Gasteiger partial charge on any atom is -0.369 e. The molecule has 20 heavy (non-hydrogen) atoms. The van der Waals surface area contributed by atoms with Gasteiger partial charge in [-0.15, -0.1) is 0 Å². The quantitative estimate of drug-likeness (QED) is 0.896. The van der Waals surface area contributed by atoms with Crippen molar-refractivity contribution >= 4 is 11.6 Å². The first-order chi connectivity index (χ1) is 9.81. The van der Waals surface area contributed by atoms with Gasteiger partial charge < -0.3 is 15.4 Å². The van der Waals surface area contributed by atoms with Crippen LogP contribution in [-0.4, -0.2) is 29.7 Å². The lowest BCUT2D eigenvalue weighted by molar-refractivity contribution is 0.0251. The van der Waals surface area contributed by atoms with Crippen LogP contribution in [0.5, 0.6) is 0 Å². The monoisotopic (exact) mass is 274 g/mol. The summed E-state index contributed by atoms with van der Waals surface area (Å²) in [5.41, 5.74) is 0.865. The van der Waals surface area contributed by atoms with E-state index in [1.54, 1.807) is 6.07 Å². The highest BCUT2D eigenvalue weighted by atomic mass is 19.1. The van der Waals surface area contributed by atoms with E-state index in [2.05, 4.69) is 20.6 Å². The van der Waals surface area contributed by atoms with Crippen molar-refractivity contribution in [2.45, 2.75) is 6.10 Å². The average Bonchev–Trinajstić information content (AvgIpc) is 2.51. The number of halogens is 1. The van der Waals surface area contributed by atoms with Crippen molar-refractivity contribution in [1.82, 2.24) is 15.3 Å². The summed E-state index contributed by atoms with van der Waals surface area (Å²) in [6.45, 7) is 2.31. The predicted octanol–water partition coefficient (Wildman–Crippen LogP) is 2.02. The van der Waals surface area contributed by atoms with E-state index < -0.39 is 0 Å². The molecule has 2 aromatic rings. The zero-order chi connectivity index (χ0) is 13.8. The van der Waals surface area contributed by atoms with E-state index in [9.17, 15) is 4.39 Å². The molecule has 0 spiro atoms. The lowest BCUT2D eigenvalue weighted by Crippen LogP contribution is -2.33. The number of aromatic nitrogens is 2. The smallest absolute Gasteiger partial charge is 0.141 e. The van der Waals surface area contributed by atoms with E-state index in [1.807, 2.05) is 18.2 Å². The van der Waals surface area contributed by atoms with Gasteiger partial charge in [-0.1, -0.05) is 6.07 Å². The zero-order valence-electron chi connectivity index (χ0n) is 10.8. The van der Waals surface area contributed by atoms with Gasteiger partial charge in [0.2, 0.25) is 0 Å². The molecule has 1 fully saturated rings. The molecule has 0 bridgehead atoms. The van der Waals surface area contributed by atoms with E-state index >= 15 is 0 Å². The fourth-order valence-corrected chi connectivity index (χ4v) is 2.04. The zero-order valence-corrected chi connectivity index (χ0v) is 10.8. The number of hydrogen-bond donors (Lipinski definition) is 2. The number of nitrogens with one attached hydrogen (secondary N) is 2. The molecule has 3 heterocycles. The molecule has 2 N–H and O–H groups in total. The van der Waals surface area contributed by atoms with Gasteiger partial charge in [0.05, 0.1) is 18.5 Å². The number of nitrogens with zero attached hydrogens (tertiary/aromatic N) is 2. The third kappa shape index (κ3) is 3.09. The molecule has 0 amide bonds. The molecule has 0 unspecified atom stereocenters. The van der Waals surface area contributed by atoms with Crippen molar-refractivity contribution in [2.75, 3.05) is 25.0 Å². The molecule has 6 heteroatoms. The van der Waals surface area contributed by atoms with Gasteiger partial charge in [0, 0.05) is 13.1 Å². The molecule has 5 nitrogen and oxygen atoms in total. The van der Waals surface area contributed by atoms with Gasteiger partial charge in [-0.2, -0.15) is 0 Å². The fraction of sp³-hybridized carbons (Fsp3) is 0.286. The molecular weight excluding hydrogens is 259 g/mol. The maximum absolute atomic E-state index is 12.8. The van der Waals surface area contributed by atoms with E-state index in [-0.39, 0.29) is 11.9 Å². The van der Waals surface area contributed by atoms with Crippen LogP contribution in [0.15, 0.2) is 36.5 Å². The Hall–Kier alpha value is -2.05. The number of hydrogen-bond acceptors (Lipinski definition) is 5. The molecular formula is C14H15FN4O. The van der Waals surface area contributed by atoms with Gasteiger partial charge in [-0.05, 0) is 24.3 Å². The predicted molar refractivity (Wildman–Crippen MR) is 73.3 cm³/mol. The Kier molecular flexibility index (Phi) is 3.85. The first-order valence-electron chi connectivity index (χ1n) is 6.49. The SMILES string of the molecule is Fc1ccc(Nc2cccc([C@H]3CNCCO3)n2)nc1. The second kappa shape index (κ2) is 5.94. The van der Waals surface area contributed by atoms with Crippen LogP contribution in [0, 0.1) is 5.82 Å². The summed E-state index contributed by atoms with van der Waals surface area (Å²) in [5.74, 6) is 0.855. The van der Waals surface area contributed by atoms with E-state index in [4.69, 9.17) is 4.74 Å². The van der Waals surface area contributed by atoms with Gasteiger partial charge in [0.15, 0.2) is 0 Å². The molecule has 3 rings (SSSR count). The minimum absolute atomic E-state index is 0.0355. The summed E-state index contributed by atoms with van der Waals surface area (Å²) in [5, 5.41) is 6.32. The highest BCUT2D eigenvalue weighted by Crippen LogP contribution is 2.19. The lowest BCUT2D eigenvalue weighted by Gasteiger charge is -2.23. The van der Waals surface area contributed by atoms with Crippen LogP contribution in [0.3, 0.4) is 0 Å². The van der Waals surface area contributed by atoms with Crippen molar-refractivity contribution in [2.24, 2.45) is 0 Å². The lowest BCUT2D eigenvalue weighted by atomic mass is 10.2. The highest BCUT2D eigenvalue weighted by Gasteiger charge is 2.17. The maximum Gasteiger partial charge on any atom is 0.141 e. The number of rotatable bonds is 3. The van der Waals surface area contributed by atoms with Crippen LogP contribution in [0.2, 0.25) is 0 Å². The molecule has 0 radical (unpaired) electrons. The largest absolute Gasteiger partial charge is 0.369 e. The van der Waals surface area contributed by atoms with Crippen molar-refractivity contribution in [3.63, 3.8) is 0 Å². The van der Waals surface area contributed by atoms with E-state index in [1.165, 1.54) is 12.3 Å². The Morgan fingerprint density at radius 1 is 1.25 bits per heavy atom. The number of ether oxygens (including phenoxy) is 1. The van der Waals surface area contributed by atoms with Crippen molar-refractivity contribution in [1.29, 1.82) is 0 Å². The summed E-state index contributed by atoms with van der Waals surface area (Å²) < 4.78 is 18.5. The van der Waals surface area contributed by atoms with Crippen LogP contribution in [0.25, 0.3) is 0 Å². The molecule has 1 atom stereocenters. The summed E-state index contributed by atoms with van der Waals surface area (Å²) >= 11 is 0. The molecule has 1 saturated heterocycles. The first kappa shape index (κ1) is 13.0. The van der Waals surface area contributed by atoms with Gasteiger partial charge in [0.1, 0.15) is 23.6 Å². The molecule has 104 valence electrons. The van der Waals surface area contributed by atoms with Gasteiger partial charge >= 0.3 is 0 Å². The van der Waals surface area contributed by atoms with E-state index in [0.717, 1.165) is 18.8 Å². The van der Waals surface area contributed by atoms with Crippen LogP contribution in [-0.2, 0) is 4.74 Å². The first-order valence-corrected chi connectivity index (χ1v) is 6.49. The van der Waals surface area contributed by atoms with Crippen molar-refractivity contribution in [3.05, 3.63) is 48.0 Å². The minimum atomic E-state index is -0.362. The van der Waals surface area contributed by atoms with Crippen LogP contribution >= 0.6 is 0 Å². The molecule has 1 aliphatic heterocycles. The van der Waals surface area contributed by atoms with Gasteiger partial charge in [0.25, 0.3) is 0 Å². The normalized spacial score (nSPS) is 18.8. The molecule has 2 aromatic heterocycles. The fourth-order valence-electron chi connectivity index (χ4n) is 2.04. The Morgan fingerprint density at radius 2 is 2.20 bits per heavy atom. The van der Waals surface area contributed by atoms with Gasteiger partial charge in [-0.3, -0.25) is 0 Å². The Labute approximate surface area is 116 Å². The average molecular weight is 274 g/mol. The third-order valence-electron chi connectivity index (χ3n) is 3.01. The van der Waals surface area contributed by atoms with Crippen LogP contribution < -0.4 is 10.6 Å². The molecule has 0 aromatic carbocycles. The maximum atomic E-state index is 12.8. The number of anilines is 2. The summed E-state index contributed by atoms with van der Waals surface area (Å²) in [4.78, 5) is 8.45. The van der Waals surface area contributed by atoms with Crippen molar-refractivity contribution < 1.29 is 9.13 Å². The number of morpholine rings is 1. The molecule has 0 aliphatic carbocycles. The standard InChI is InChI=1S/C14H15FN4O/c15-10-4-5-13(17-8-10)19-14-3-1-2-11(18-14)12-9-16-6-7-20-12/h1-5,8,12,16H,6-7,9H2,(H,17,18,19)/t12-/m1/s1. The van der Waals surface area contributed by atoms with Crippen LogP contribution in [0.4, 0.5) is 16.0 Å². The second-order valence-electron chi connectivity index (χ2n) is 4.50. The van der Waals surface area contributed by atoms with E-state index in [0.29, 0.717) is 18.2 Å². The Bertz CT molecular complexity index is 570. The van der Waals surface area contributed by atoms with Crippen LogP contribution in [0.1, 0.15) is 11.8 Å². The summed E-state index contributed by atoms with van der Waals surface area (Å²) in [6.07, 6.45) is 1.13. The molecule has 1 aliphatic rings. The highest BCUT2D eigenvalue weighted by molar-refractivity contribution is 5.51. The summed E-state index contributed by atoms with van der Waals surface area (Å²) in [7, 11) is 0.